The molecule has 0 bridgehead atoms. The number of carbonyl (C=O) groups is 1. The minimum absolute atomic E-state index is 0.140. The van der Waals surface area contributed by atoms with Crippen molar-refractivity contribution in [3.05, 3.63) is 0 Å². The lowest BCUT2D eigenvalue weighted by Crippen LogP contribution is -2.55. The summed E-state index contributed by atoms with van der Waals surface area (Å²) < 4.78 is 0. The van der Waals surface area contributed by atoms with Gasteiger partial charge in [0.1, 0.15) is 0 Å². The fraction of sp³-hybridized carbons (Fsp3) is 0.933. The maximum absolute atomic E-state index is 11.9. The van der Waals surface area contributed by atoms with E-state index in [9.17, 15) is 4.79 Å². The lowest BCUT2D eigenvalue weighted by atomic mass is 9.85. The molecule has 3 aliphatic rings. The predicted octanol–water partition coefficient (Wildman–Crippen LogP) is 1.25. The predicted molar refractivity (Wildman–Crippen MR) is 75.7 cm³/mol. The SMILES string of the molecule is CN(CC1CCC1)C1CCC(NC2CC2)(C(N)=O)C1. The molecule has 1 amide bonds. The third kappa shape index (κ3) is 2.79. The van der Waals surface area contributed by atoms with E-state index in [2.05, 4.69) is 17.3 Å². The maximum Gasteiger partial charge on any atom is 0.237 e. The summed E-state index contributed by atoms with van der Waals surface area (Å²) in [6.45, 7) is 1.20. The smallest absolute Gasteiger partial charge is 0.237 e. The molecule has 19 heavy (non-hydrogen) atoms. The lowest BCUT2D eigenvalue weighted by Gasteiger charge is -2.34. The van der Waals surface area contributed by atoms with Crippen molar-refractivity contribution in [2.75, 3.05) is 13.6 Å². The molecule has 3 saturated carbocycles. The van der Waals surface area contributed by atoms with Crippen molar-refractivity contribution in [3.8, 4) is 0 Å². The van der Waals surface area contributed by atoms with Crippen LogP contribution in [0.4, 0.5) is 0 Å². The number of nitrogens with zero attached hydrogens (tertiary/aromatic N) is 1. The Hall–Kier alpha value is -0.610. The number of hydrogen-bond donors (Lipinski definition) is 2. The van der Waals surface area contributed by atoms with Gasteiger partial charge in [-0.2, -0.15) is 0 Å². The first kappa shape index (κ1) is 13.4. The number of nitrogens with two attached hydrogens (primary N) is 1. The molecule has 0 saturated heterocycles. The van der Waals surface area contributed by atoms with E-state index in [0.717, 1.165) is 25.2 Å². The van der Waals surface area contributed by atoms with Crippen LogP contribution >= 0.6 is 0 Å². The maximum atomic E-state index is 11.9. The van der Waals surface area contributed by atoms with Gasteiger partial charge < -0.3 is 16.0 Å². The first-order chi connectivity index (χ1) is 9.09. The highest BCUT2D eigenvalue weighted by molar-refractivity contribution is 5.85. The molecular formula is C15H27N3O. The molecule has 4 heteroatoms. The summed E-state index contributed by atoms with van der Waals surface area (Å²) in [6.07, 6.45) is 9.51. The largest absolute Gasteiger partial charge is 0.368 e. The lowest BCUT2D eigenvalue weighted by molar-refractivity contribution is -0.124. The quantitative estimate of drug-likeness (QED) is 0.760. The molecule has 0 spiro atoms. The molecule has 0 aliphatic heterocycles. The van der Waals surface area contributed by atoms with Crippen LogP contribution in [0.15, 0.2) is 0 Å². The van der Waals surface area contributed by atoms with Crippen molar-refractivity contribution < 1.29 is 4.79 Å². The first-order valence-corrected chi connectivity index (χ1v) is 7.87. The summed E-state index contributed by atoms with van der Waals surface area (Å²) in [7, 11) is 2.22. The van der Waals surface area contributed by atoms with Crippen molar-refractivity contribution in [2.45, 2.75) is 69.0 Å². The fourth-order valence-electron chi connectivity index (χ4n) is 3.67. The van der Waals surface area contributed by atoms with Crippen LogP contribution in [0.2, 0.25) is 0 Å². The van der Waals surface area contributed by atoms with Crippen LogP contribution in [0.1, 0.15) is 51.4 Å². The van der Waals surface area contributed by atoms with Crippen LogP contribution in [0.3, 0.4) is 0 Å². The number of rotatable bonds is 6. The molecule has 4 nitrogen and oxygen atoms in total. The van der Waals surface area contributed by atoms with Gasteiger partial charge in [0.2, 0.25) is 5.91 Å². The van der Waals surface area contributed by atoms with Gasteiger partial charge in [0.05, 0.1) is 5.54 Å². The Morgan fingerprint density at radius 2 is 2.05 bits per heavy atom. The average molecular weight is 265 g/mol. The normalized spacial score (nSPS) is 35.6. The van der Waals surface area contributed by atoms with Crippen molar-refractivity contribution in [2.24, 2.45) is 11.7 Å². The third-order valence-electron chi connectivity index (χ3n) is 5.41. The molecule has 108 valence electrons. The van der Waals surface area contributed by atoms with Crippen LogP contribution < -0.4 is 11.1 Å². The van der Waals surface area contributed by atoms with Crippen molar-refractivity contribution >= 4 is 5.91 Å². The van der Waals surface area contributed by atoms with E-state index in [4.69, 9.17) is 5.73 Å². The Morgan fingerprint density at radius 3 is 2.58 bits per heavy atom. The van der Waals surface area contributed by atoms with Crippen LogP contribution in [0, 0.1) is 5.92 Å². The molecule has 0 radical (unpaired) electrons. The van der Waals surface area contributed by atoms with Crippen LogP contribution in [-0.2, 0) is 4.79 Å². The number of primary amides is 1. The zero-order valence-corrected chi connectivity index (χ0v) is 12.0. The standard InChI is InChI=1S/C15H27N3O/c1-18(10-11-3-2-4-11)13-7-8-15(9-13,14(16)19)17-12-5-6-12/h11-13,17H,2-10H2,1H3,(H2,16,19). The molecule has 3 fully saturated rings. The van der Waals surface area contributed by atoms with Gasteiger partial charge in [-0.15, -0.1) is 0 Å². The average Bonchev–Trinajstić information content (AvgIpc) is 3.00. The van der Waals surface area contributed by atoms with E-state index in [1.807, 2.05) is 0 Å². The Kier molecular flexibility index (Phi) is 3.56. The summed E-state index contributed by atoms with van der Waals surface area (Å²) in [5, 5.41) is 3.53. The Bertz CT molecular complexity index is 351. The van der Waals surface area contributed by atoms with Crippen molar-refractivity contribution in [3.63, 3.8) is 0 Å². The molecule has 0 aromatic rings. The van der Waals surface area contributed by atoms with Crippen molar-refractivity contribution in [1.82, 2.24) is 10.2 Å². The van der Waals surface area contributed by atoms with E-state index in [0.29, 0.717) is 12.1 Å². The second kappa shape index (κ2) is 5.06. The molecular weight excluding hydrogens is 238 g/mol. The van der Waals surface area contributed by atoms with Crippen LogP contribution in [0.25, 0.3) is 0 Å². The summed E-state index contributed by atoms with van der Waals surface area (Å²) >= 11 is 0. The number of hydrogen-bond acceptors (Lipinski definition) is 3. The number of carbonyl (C=O) groups excluding carboxylic acids is 1. The monoisotopic (exact) mass is 265 g/mol. The van der Waals surface area contributed by atoms with Crippen LogP contribution in [0.5, 0.6) is 0 Å². The minimum atomic E-state index is -0.417. The fourth-order valence-corrected chi connectivity index (χ4v) is 3.67. The Morgan fingerprint density at radius 1 is 1.32 bits per heavy atom. The summed E-state index contributed by atoms with van der Waals surface area (Å²) in [6, 6.07) is 1.07. The van der Waals surface area contributed by atoms with E-state index in [1.54, 1.807) is 0 Å². The molecule has 3 rings (SSSR count). The molecule has 3 N–H and O–H groups in total. The first-order valence-electron chi connectivity index (χ1n) is 7.87. The van der Waals surface area contributed by atoms with Crippen LogP contribution in [-0.4, -0.2) is 42.0 Å². The van der Waals surface area contributed by atoms with E-state index in [1.165, 1.54) is 38.6 Å². The van der Waals surface area contributed by atoms with Gasteiger partial charge in [-0.3, -0.25) is 4.79 Å². The molecule has 3 aliphatic carbocycles. The summed E-state index contributed by atoms with van der Waals surface area (Å²) in [4.78, 5) is 14.4. The zero-order chi connectivity index (χ0) is 13.5. The molecule has 0 aromatic carbocycles. The highest BCUT2D eigenvalue weighted by Gasteiger charge is 2.47. The molecule has 2 atom stereocenters. The number of amides is 1. The van der Waals surface area contributed by atoms with Crippen molar-refractivity contribution in [1.29, 1.82) is 0 Å². The van der Waals surface area contributed by atoms with Gasteiger partial charge in [-0.25, -0.2) is 0 Å². The van der Waals surface area contributed by atoms with Gasteiger partial charge in [0.25, 0.3) is 0 Å². The Balaban J connectivity index is 1.58. The topological polar surface area (TPSA) is 58.4 Å². The van der Waals surface area contributed by atoms with Gasteiger partial charge in [0.15, 0.2) is 0 Å². The highest BCUT2D eigenvalue weighted by Crippen LogP contribution is 2.37. The minimum Gasteiger partial charge on any atom is -0.368 e. The second-order valence-corrected chi connectivity index (χ2v) is 7.00. The highest BCUT2D eigenvalue weighted by atomic mass is 16.1. The zero-order valence-electron chi connectivity index (χ0n) is 12.0. The van der Waals surface area contributed by atoms with Gasteiger partial charge >= 0.3 is 0 Å². The van der Waals surface area contributed by atoms with E-state index < -0.39 is 5.54 Å². The van der Waals surface area contributed by atoms with Gasteiger partial charge in [0, 0.05) is 18.6 Å². The molecule has 0 heterocycles. The summed E-state index contributed by atoms with van der Waals surface area (Å²) in [5.41, 5.74) is 5.27. The molecule has 2 unspecified atom stereocenters. The van der Waals surface area contributed by atoms with E-state index >= 15 is 0 Å². The number of nitrogens with one attached hydrogen (secondary N) is 1. The van der Waals surface area contributed by atoms with Gasteiger partial charge in [-0.05, 0) is 57.9 Å². The Labute approximate surface area is 116 Å². The molecule has 0 aromatic heterocycles. The summed E-state index contributed by atoms with van der Waals surface area (Å²) in [5.74, 6) is 0.754. The van der Waals surface area contributed by atoms with E-state index in [-0.39, 0.29) is 5.91 Å². The second-order valence-electron chi connectivity index (χ2n) is 7.00. The third-order valence-corrected chi connectivity index (χ3v) is 5.41. The van der Waals surface area contributed by atoms with Gasteiger partial charge in [-0.1, -0.05) is 6.42 Å².